The second-order valence-electron chi connectivity index (χ2n) is 11.6. The number of nitrogens with zero attached hydrogens (tertiary/aromatic N) is 7. The van der Waals surface area contributed by atoms with Crippen LogP contribution in [0.3, 0.4) is 0 Å². The molecule has 3 aliphatic rings. The van der Waals surface area contributed by atoms with Gasteiger partial charge in [-0.25, -0.2) is 18.7 Å². The van der Waals surface area contributed by atoms with Crippen molar-refractivity contribution in [3.63, 3.8) is 0 Å². The number of aliphatic hydroxyl groups is 3. The van der Waals surface area contributed by atoms with E-state index in [2.05, 4.69) is 38.1 Å². The largest absolute Gasteiger partial charge is 0.492 e. The van der Waals surface area contributed by atoms with Crippen LogP contribution in [-0.4, -0.2) is 141 Å². The number of H-pyrrole nitrogens is 1. The zero-order valence-electron chi connectivity index (χ0n) is 27.1. The number of phosphoric ester groups is 2. The monoisotopic (exact) mass is 818 g/mol. The summed E-state index contributed by atoms with van der Waals surface area (Å²) in [6.07, 6.45) is -10.9. The Morgan fingerprint density at radius 2 is 1.55 bits per heavy atom. The third-order valence-electron chi connectivity index (χ3n) is 8.05. The Hall–Kier alpha value is -3.40. The van der Waals surface area contributed by atoms with E-state index in [1.807, 2.05) is 0 Å². The molecule has 6 rings (SSSR count). The van der Waals surface area contributed by atoms with Gasteiger partial charge in [0.25, 0.3) is 5.56 Å². The summed E-state index contributed by atoms with van der Waals surface area (Å²) in [4.78, 5) is 63.0. The highest BCUT2D eigenvalue weighted by Crippen LogP contribution is 2.68. The SMILES string of the molecule is COC1C(O)[C@H](N2CN(C)c3c(O)nc(N)nc32)O[C@@H]1COP(=O)(O)OP(=O)(O)OP(=O)(O)OCC1OC(n2cnc3c(=O)[nH]c(N)nc32)C(O)C1O. The fourth-order valence-electron chi connectivity index (χ4n) is 5.84. The molecular formula is C22H33N10O18P3. The molecule has 0 aromatic carbocycles. The van der Waals surface area contributed by atoms with Crippen LogP contribution < -0.4 is 26.8 Å². The molecule has 6 heterocycles. The van der Waals surface area contributed by atoms with Crippen LogP contribution in [0.5, 0.6) is 5.88 Å². The van der Waals surface area contributed by atoms with Gasteiger partial charge in [-0.3, -0.25) is 23.4 Å². The minimum absolute atomic E-state index is 0.00673. The van der Waals surface area contributed by atoms with E-state index >= 15 is 0 Å². The number of aromatic hydroxyl groups is 1. The molecule has 11 atom stereocenters. The van der Waals surface area contributed by atoms with E-state index in [0.717, 1.165) is 10.9 Å². The summed E-state index contributed by atoms with van der Waals surface area (Å²) in [7, 11) is -14.5. The van der Waals surface area contributed by atoms with Crippen LogP contribution in [0.2, 0.25) is 0 Å². The van der Waals surface area contributed by atoms with Crippen molar-refractivity contribution >= 4 is 58.0 Å². The summed E-state index contributed by atoms with van der Waals surface area (Å²) in [5.74, 6) is -0.950. The van der Waals surface area contributed by atoms with Crippen LogP contribution in [0.25, 0.3) is 11.2 Å². The van der Waals surface area contributed by atoms with Crippen LogP contribution in [-0.2, 0) is 45.6 Å². The second-order valence-corrected chi connectivity index (χ2v) is 16.3. The molecule has 0 saturated carbocycles. The first-order valence-electron chi connectivity index (χ1n) is 14.9. The van der Waals surface area contributed by atoms with Gasteiger partial charge in [0, 0.05) is 14.2 Å². The van der Waals surface area contributed by atoms with E-state index in [1.54, 1.807) is 7.05 Å². The first kappa shape index (κ1) is 39.3. The van der Waals surface area contributed by atoms with Gasteiger partial charge in [-0.1, -0.05) is 0 Å². The van der Waals surface area contributed by atoms with Crippen molar-refractivity contribution in [3.8, 4) is 5.88 Å². The van der Waals surface area contributed by atoms with E-state index in [0.29, 0.717) is 0 Å². The summed E-state index contributed by atoms with van der Waals surface area (Å²) in [5, 5.41) is 42.2. The van der Waals surface area contributed by atoms with Crippen LogP contribution in [0.4, 0.5) is 23.4 Å². The highest BCUT2D eigenvalue weighted by molar-refractivity contribution is 7.66. The number of nitrogens with one attached hydrogen (secondary N) is 1. The van der Waals surface area contributed by atoms with Gasteiger partial charge in [0.05, 0.1) is 26.2 Å². The molecule has 0 aliphatic carbocycles. The summed E-state index contributed by atoms with van der Waals surface area (Å²) in [5.41, 5.74) is 10.3. The highest BCUT2D eigenvalue weighted by atomic mass is 31.3. The van der Waals surface area contributed by atoms with Crippen molar-refractivity contribution in [1.29, 1.82) is 0 Å². The number of aliphatic hydroxyl groups excluding tert-OH is 3. The van der Waals surface area contributed by atoms with Crippen molar-refractivity contribution in [2.45, 2.75) is 49.1 Å². The predicted octanol–water partition coefficient (Wildman–Crippen LogP) is -3.22. The first-order valence-corrected chi connectivity index (χ1v) is 19.3. The molecule has 0 radical (unpaired) electrons. The van der Waals surface area contributed by atoms with Gasteiger partial charge in [-0.05, 0) is 0 Å². The number of aromatic amines is 1. The smallest absolute Gasteiger partial charge is 0.490 e. The molecule has 31 heteroatoms. The summed E-state index contributed by atoms with van der Waals surface area (Å²) in [6, 6.07) is 0. The summed E-state index contributed by atoms with van der Waals surface area (Å²) < 4.78 is 72.8. The lowest BCUT2D eigenvalue weighted by Gasteiger charge is -2.27. The number of phosphoric acid groups is 3. The van der Waals surface area contributed by atoms with Gasteiger partial charge in [-0.15, -0.1) is 0 Å². The lowest BCUT2D eigenvalue weighted by molar-refractivity contribution is -0.0503. The molecule has 0 bridgehead atoms. The zero-order valence-corrected chi connectivity index (χ0v) is 29.7. The predicted molar refractivity (Wildman–Crippen MR) is 171 cm³/mol. The van der Waals surface area contributed by atoms with Crippen molar-refractivity contribution in [2.24, 2.45) is 0 Å². The number of ether oxygens (including phenoxy) is 3. The van der Waals surface area contributed by atoms with Gasteiger partial charge in [0.15, 0.2) is 29.4 Å². The van der Waals surface area contributed by atoms with Crippen LogP contribution in [0.15, 0.2) is 11.1 Å². The minimum Gasteiger partial charge on any atom is -0.492 e. The van der Waals surface area contributed by atoms with Crippen LogP contribution in [0.1, 0.15) is 6.23 Å². The number of rotatable bonds is 13. The molecule has 53 heavy (non-hydrogen) atoms. The molecule has 9 unspecified atom stereocenters. The maximum absolute atomic E-state index is 12.6. The lowest BCUT2D eigenvalue weighted by atomic mass is 10.1. The van der Waals surface area contributed by atoms with Crippen LogP contribution >= 0.6 is 23.5 Å². The van der Waals surface area contributed by atoms with E-state index in [1.165, 1.54) is 16.9 Å². The number of hydrogen-bond acceptors (Lipinski definition) is 23. The van der Waals surface area contributed by atoms with Gasteiger partial charge in [-0.2, -0.15) is 23.6 Å². The third-order valence-corrected chi connectivity index (χ3v) is 12.3. The molecule has 3 aromatic rings. The normalized spacial score (nSPS) is 30.7. The average molecular weight is 818 g/mol. The Bertz CT molecular complexity index is 2070. The van der Waals surface area contributed by atoms with Crippen molar-refractivity contribution < 1.29 is 80.7 Å². The summed E-state index contributed by atoms with van der Waals surface area (Å²) in [6.45, 7) is -1.99. The Morgan fingerprint density at radius 1 is 0.925 bits per heavy atom. The number of imidazole rings is 1. The zero-order chi connectivity index (χ0) is 38.8. The van der Waals surface area contributed by atoms with E-state index in [-0.39, 0.29) is 41.2 Å². The fourth-order valence-corrected chi connectivity index (χ4v) is 9.36. The number of methoxy groups -OCH3 is 1. The highest BCUT2D eigenvalue weighted by Gasteiger charge is 2.51. The van der Waals surface area contributed by atoms with E-state index in [4.69, 9.17) is 30.2 Å². The quantitative estimate of drug-likeness (QED) is 0.0758. The molecule has 3 aliphatic heterocycles. The fraction of sp³-hybridized carbons (Fsp3) is 0.591. The number of fused-ring (bicyclic) bond motifs is 2. The lowest BCUT2D eigenvalue weighted by Crippen LogP contribution is -2.46. The molecule has 3 aromatic heterocycles. The molecule has 2 saturated heterocycles. The van der Waals surface area contributed by atoms with Crippen LogP contribution in [0, 0.1) is 0 Å². The Kier molecular flexibility index (Phi) is 10.6. The Morgan fingerprint density at radius 3 is 2.19 bits per heavy atom. The first-order chi connectivity index (χ1) is 24.7. The molecule has 2 fully saturated rings. The topological polar surface area (TPSA) is 405 Å². The van der Waals surface area contributed by atoms with Gasteiger partial charge in [0.2, 0.25) is 17.8 Å². The molecule has 0 amide bonds. The number of aromatic nitrogens is 6. The van der Waals surface area contributed by atoms with Crippen molar-refractivity contribution in [2.75, 3.05) is 55.3 Å². The Labute approximate surface area is 295 Å². The average Bonchev–Trinajstić information content (AvgIpc) is 3.76. The molecule has 0 spiro atoms. The van der Waals surface area contributed by atoms with E-state index in [9.17, 15) is 53.6 Å². The number of anilines is 4. The second kappa shape index (κ2) is 14.3. The molecule has 294 valence electrons. The van der Waals surface area contributed by atoms with Gasteiger partial charge in [0.1, 0.15) is 42.3 Å². The number of hydrogen-bond donors (Lipinski definition) is 10. The Balaban J connectivity index is 1.04. The van der Waals surface area contributed by atoms with Gasteiger partial charge < -0.3 is 70.6 Å². The maximum Gasteiger partial charge on any atom is 0.490 e. The molecule has 12 N–H and O–H groups in total. The van der Waals surface area contributed by atoms with Crippen molar-refractivity contribution in [3.05, 3.63) is 16.7 Å². The minimum atomic E-state index is -5.97. The van der Waals surface area contributed by atoms with Gasteiger partial charge >= 0.3 is 23.5 Å². The standard InChI is InChI=1S/C22H33N10O18P3/c1-30-6-32(16-10(30)18(37)29-22(24)27-16)20-13(35)14(44-2)8(48-20)4-46-52(40,41)50-53(42,43)49-51(38,39)45-3-7-11(33)12(34)19(47-7)31-5-25-9-15(31)26-21(23)28-17(9)36/h5,7-8,11-14,19-20,33-35H,3-4,6H2,1-2H3,(H,38,39)(H,40,41)(H,42,43)(H3,23,26,28,36)(H3,24,27,29,37)/t7?,8-,11?,12?,13?,14?,19?,20-/m1/s1. The number of nitrogen functional groups attached to an aromatic ring is 2. The van der Waals surface area contributed by atoms with E-state index < -0.39 is 97.2 Å². The maximum atomic E-state index is 12.6. The summed E-state index contributed by atoms with van der Waals surface area (Å²) >= 11 is 0. The third kappa shape index (κ3) is 7.90. The molecule has 28 nitrogen and oxygen atoms in total. The number of nitrogens with two attached hydrogens (primary N) is 2. The van der Waals surface area contributed by atoms with Crippen molar-refractivity contribution in [1.82, 2.24) is 29.5 Å². The molecular weight excluding hydrogens is 785 g/mol.